The summed E-state index contributed by atoms with van der Waals surface area (Å²) in [6.07, 6.45) is 0. The number of para-hydroxylation sites is 1. The van der Waals surface area contributed by atoms with Crippen LogP contribution >= 0.6 is 12.2 Å². The summed E-state index contributed by atoms with van der Waals surface area (Å²) in [6.45, 7) is 4.18. The third kappa shape index (κ3) is 2.03. The summed E-state index contributed by atoms with van der Waals surface area (Å²) in [5, 5.41) is 4.02. The van der Waals surface area contributed by atoms with Crippen molar-refractivity contribution in [1.82, 2.24) is 5.32 Å². The number of thiocarbonyl (C=S) groups is 1. The number of ether oxygens (including phenoxy) is 1. The number of fused-ring (bicyclic) bond motifs is 4. The predicted molar refractivity (Wildman–Crippen MR) is 92.0 cm³/mol. The normalized spacial score (nSPS) is 28.7. The van der Waals surface area contributed by atoms with Gasteiger partial charge in [-0.15, -0.1) is 0 Å². The molecule has 0 saturated carbocycles. The molecule has 3 nitrogen and oxygen atoms in total. The highest BCUT2D eigenvalue weighted by molar-refractivity contribution is 7.80. The van der Waals surface area contributed by atoms with E-state index < -0.39 is 5.72 Å². The number of hydrogen-bond acceptors (Lipinski definition) is 2. The molecule has 0 aliphatic carbocycles. The maximum atomic E-state index is 13.3. The van der Waals surface area contributed by atoms with E-state index >= 15 is 0 Å². The SMILES string of the molecule is C[C@H]1[C@H]2NC(=S)N(c3ccc(F)cc3)[C@@]1(C)Oc1ccccc12. The Balaban J connectivity index is 1.85. The molecular weight excluding hydrogens is 311 g/mol. The van der Waals surface area contributed by atoms with Crippen LogP contribution in [-0.2, 0) is 0 Å². The zero-order chi connectivity index (χ0) is 16.2. The van der Waals surface area contributed by atoms with Crippen LogP contribution in [0.1, 0.15) is 25.5 Å². The largest absolute Gasteiger partial charge is 0.467 e. The van der Waals surface area contributed by atoms with Gasteiger partial charge in [0, 0.05) is 17.2 Å². The first-order chi connectivity index (χ1) is 11.0. The Morgan fingerprint density at radius 3 is 2.61 bits per heavy atom. The van der Waals surface area contributed by atoms with Gasteiger partial charge in [-0.3, -0.25) is 4.90 Å². The summed E-state index contributed by atoms with van der Waals surface area (Å²) in [5.74, 6) is 0.755. The number of nitrogens with one attached hydrogen (secondary N) is 1. The average molecular weight is 328 g/mol. The van der Waals surface area contributed by atoms with E-state index in [9.17, 15) is 4.39 Å². The van der Waals surface area contributed by atoms with E-state index in [0.29, 0.717) is 5.11 Å². The molecule has 0 radical (unpaired) electrons. The molecule has 3 atom stereocenters. The van der Waals surface area contributed by atoms with Crippen LogP contribution in [0.2, 0.25) is 0 Å². The number of anilines is 1. The Kier molecular flexibility index (Phi) is 3.10. The van der Waals surface area contributed by atoms with Crippen molar-refractivity contribution < 1.29 is 9.13 Å². The number of halogens is 1. The van der Waals surface area contributed by atoms with Crippen molar-refractivity contribution in [1.29, 1.82) is 0 Å². The molecule has 5 heteroatoms. The van der Waals surface area contributed by atoms with Gasteiger partial charge in [-0.1, -0.05) is 25.1 Å². The lowest BCUT2D eigenvalue weighted by molar-refractivity contribution is -0.00317. The molecular formula is C18H17FN2OS. The topological polar surface area (TPSA) is 24.5 Å². The van der Waals surface area contributed by atoms with Crippen molar-refractivity contribution in [3.8, 4) is 5.75 Å². The lowest BCUT2D eigenvalue weighted by atomic mass is 9.81. The zero-order valence-corrected chi connectivity index (χ0v) is 13.7. The predicted octanol–water partition coefficient (Wildman–Crippen LogP) is 4.01. The lowest BCUT2D eigenvalue weighted by Gasteiger charge is -2.56. The van der Waals surface area contributed by atoms with Crippen LogP contribution in [0, 0.1) is 11.7 Å². The molecule has 4 rings (SSSR count). The molecule has 1 N–H and O–H groups in total. The number of hydrogen-bond donors (Lipinski definition) is 1. The van der Waals surface area contributed by atoms with E-state index in [4.69, 9.17) is 17.0 Å². The van der Waals surface area contributed by atoms with E-state index in [1.165, 1.54) is 12.1 Å². The Bertz CT molecular complexity index is 779. The molecule has 118 valence electrons. The molecule has 2 aromatic carbocycles. The van der Waals surface area contributed by atoms with E-state index in [1.807, 2.05) is 30.0 Å². The molecule has 1 fully saturated rings. The fourth-order valence-corrected chi connectivity index (χ4v) is 3.95. The van der Waals surface area contributed by atoms with Crippen molar-refractivity contribution in [3.05, 3.63) is 59.9 Å². The van der Waals surface area contributed by atoms with Crippen LogP contribution in [0.5, 0.6) is 5.75 Å². The molecule has 2 bridgehead atoms. The Morgan fingerprint density at radius 1 is 1.17 bits per heavy atom. The van der Waals surface area contributed by atoms with Crippen molar-refractivity contribution in [3.63, 3.8) is 0 Å². The number of rotatable bonds is 1. The number of nitrogens with zero attached hydrogens (tertiary/aromatic N) is 1. The lowest BCUT2D eigenvalue weighted by Crippen LogP contribution is -2.69. The first kappa shape index (κ1) is 14.5. The second kappa shape index (κ2) is 4.93. The molecule has 2 aliphatic rings. The molecule has 0 aromatic heterocycles. The molecule has 0 spiro atoms. The van der Waals surface area contributed by atoms with Gasteiger partial charge in [0.2, 0.25) is 0 Å². The maximum absolute atomic E-state index is 13.3. The fraction of sp³-hybridized carbons (Fsp3) is 0.278. The van der Waals surface area contributed by atoms with Crippen LogP contribution in [-0.4, -0.2) is 10.8 Å². The van der Waals surface area contributed by atoms with Gasteiger partial charge in [0.05, 0.1) is 6.04 Å². The number of benzene rings is 2. The van der Waals surface area contributed by atoms with Gasteiger partial charge in [0.1, 0.15) is 11.6 Å². The molecule has 2 aliphatic heterocycles. The summed E-state index contributed by atoms with van der Waals surface area (Å²) in [6, 6.07) is 14.5. The van der Waals surface area contributed by atoms with Crippen LogP contribution in [0.25, 0.3) is 0 Å². The van der Waals surface area contributed by atoms with Crippen LogP contribution in [0.15, 0.2) is 48.5 Å². The van der Waals surface area contributed by atoms with Gasteiger partial charge in [-0.05, 0) is 49.5 Å². The molecule has 2 aromatic rings. The molecule has 0 amide bonds. The maximum Gasteiger partial charge on any atom is 0.190 e. The van der Waals surface area contributed by atoms with Gasteiger partial charge >= 0.3 is 0 Å². The smallest absolute Gasteiger partial charge is 0.190 e. The molecule has 0 unspecified atom stereocenters. The molecule has 2 heterocycles. The molecule has 23 heavy (non-hydrogen) atoms. The standard InChI is InChI=1S/C18H17FN2OS/c1-11-16-14-5-3-4-6-15(14)22-18(11,2)21(17(23)20-16)13-9-7-12(19)8-10-13/h3-11,16H,1-2H3,(H,20,23)/t11-,16+,18-/m0/s1. The van der Waals surface area contributed by atoms with Crippen molar-refractivity contribution in [2.45, 2.75) is 25.6 Å². The summed E-state index contributed by atoms with van der Waals surface area (Å²) in [7, 11) is 0. The second-order valence-corrected chi connectivity index (χ2v) is 6.61. The zero-order valence-electron chi connectivity index (χ0n) is 12.9. The van der Waals surface area contributed by atoms with Gasteiger partial charge in [-0.2, -0.15) is 0 Å². The van der Waals surface area contributed by atoms with Crippen LogP contribution in [0.4, 0.5) is 10.1 Å². The third-order valence-electron chi connectivity index (χ3n) is 4.93. The minimum absolute atomic E-state index is 0.106. The van der Waals surface area contributed by atoms with E-state index in [0.717, 1.165) is 17.0 Å². The van der Waals surface area contributed by atoms with Gasteiger partial charge in [0.15, 0.2) is 10.8 Å². The average Bonchev–Trinajstić information content (AvgIpc) is 2.52. The highest BCUT2D eigenvalue weighted by Crippen LogP contribution is 2.48. The third-order valence-corrected chi connectivity index (χ3v) is 5.23. The van der Waals surface area contributed by atoms with Crippen LogP contribution in [0.3, 0.4) is 0 Å². The monoisotopic (exact) mass is 328 g/mol. The quantitative estimate of drug-likeness (QED) is 0.800. The van der Waals surface area contributed by atoms with Gasteiger partial charge in [0.25, 0.3) is 0 Å². The summed E-state index contributed by atoms with van der Waals surface area (Å²) >= 11 is 5.59. The van der Waals surface area contributed by atoms with Gasteiger partial charge in [-0.25, -0.2) is 4.39 Å². The first-order valence-electron chi connectivity index (χ1n) is 7.65. The van der Waals surface area contributed by atoms with E-state index in [2.05, 4.69) is 18.3 Å². The van der Waals surface area contributed by atoms with Crippen LogP contribution < -0.4 is 15.0 Å². The summed E-state index contributed by atoms with van der Waals surface area (Å²) in [4.78, 5) is 1.94. The van der Waals surface area contributed by atoms with Crippen molar-refractivity contribution in [2.75, 3.05) is 4.90 Å². The Labute approximate surface area is 140 Å². The van der Waals surface area contributed by atoms with Gasteiger partial charge < -0.3 is 10.1 Å². The van der Waals surface area contributed by atoms with E-state index in [-0.39, 0.29) is 17.8 Å². The summed E-state index contributed by atoms with van der Waals surface area (Å²) < 4.78 is 19.6. The van der Waals surface area contributed by atoms with Crippen molar-refractivity contribution >= 4 is 23.0 Å². The minimum atomic E-state index is -0.626. The first-order valence-corrected chi connectivity index (χ1v) is 8.06. The fourth-order valence-electron chi connectivity index (χ4n) is 3.54. The van der Waals surface area contributed by atoms with E-state index in [1.54, 1.807) is 12.1 Å². The summed E-state index contributed by atoms with van der Waals surface area (Å²) in [5.41, 5.74) is 1.31. The molecule has 1 saturated heterocycles. The minimum Gasteiger partial charge on any atom is -0.467 e. The second-order valence-electron chi connectivity index (χ2n) is 6.22. The van der Waals surface area contributed by atoms with Crippen molar-refractivity contribution in [2.24, 2.45) is 5.92 Å². The Morgan fingerprint density at radius 2 is 1.87 bits per heavy atom. The highest BCUT2D eigenvalue weighted by Gasteiger charge is 2.53. The Hall–Kier alpha value is -2.14. The highest BCUT2D eigenvalue weighted by atomic mass is 32.1.